The van der Waals surface area contributed by atoms with Gasteiger partial charge in [0.2, 0.25) is 0 Å². The van der Waals surface area contributed by atoms with Crippen molar-refractivity contribution >= 4 is 29.3 Å². The molecule has 1 aromatic carbocycles. The number of rotatable bonds is 8. The Morgan fingerprint density at radius 2 is 1.97 bits per heavy atom. The van der Waals surface area contributed by atoms with Crippen LogP contribution >= 0.6 is 0 Å². The molecule has 160 valence electrons. The van der Waals surface area contributed by atoms with Gasteiger partial charge in [-0.1, -0.05) is 26.2 Å². The van der Waals surface area contributed by atoms with Crippen molar-refractivity contribution in [1.82, 2.24) is 0 Å². The van der Waals surface area contributed by atoms with E-state index in [1.165, 1.54) is 4.90 Å². The van der Waals surface area contributed by atoms with Crippen LogP contribution in [-0.4, -0.2) is 43.3 Å². The van der Waals surface area contributed by atoms with E-state index in [4.69, 9.17) is 14.2 Å². The van der Waals surface area contributed by atoms with Gasteiger partial charge in [-0.3, -0.25) is 19.8 Å². The second-order valence-corrected chi connectivity index (χ2v) is 7.86. The van der Waals surface area contributed by atoms with Crippen LogP contribution in [0, 0.1) is 0 Å². The van der Waals surface area contributed by atoms with E-state index in [0.29, 0.717) is 23.7 Å². The number of nitrogens with zero attached hydrogens (tertiary/aromatic N) is 1. The van der Waals surface area contributed by atoms with Crippen LogP contribution in [-0.2, 0) is 19.1 Å². The molecule has 0 saturated heterocycles. The smallest absolute Gasteiger partial charge is 0.412 e. The predicted molar refractivity (Wildman–Crippen MR) is 109 cm³/mol. The van der Waals surface area contributed by atoms with E-state index in [9.17, 15) is 14.4 Å². The van der Waals surface area contributed by atoms with E-state index in [0.717, 1.165) is 25.7 Å². The SMILES string of the molecule is CCCCCCOC(=O)CN1C(=O)COc2ccc(NC(=O)OC(C)(C)C)cc21. The Morgan fingerprint density at radius 3 is 2.66 bits per heavy atom. The molecule has 29 heavy (non-hydrogen) atoms. The average molecular weight is 406 g/mol. The van der Waals surface area contributed by atoms with Crippen LogP contribution in [0.25, 0.3) is 0 Å². The van der Waals surface area contributed by atoms with E-state index in [1.54, 1.807) is 39.0 Å². The number of esters is 1. The van der Waals surface area contributed by atoms with E-state index >= 15 is 0 Å². The highest BCUT2D eigenvalue weighted by Gasteiger charge is 2.28. The Hall–Kier alpha value is -2.77. The fourth-order valence-electron chi connectivity index (χ4n) is 2.76. The number of anilines is 2. The van der Waals surface area contributed by atoms with E-state index in [2.05, 4.69) is 12.2 Å². The molecule has 8 heteroatoms. The molecule has 1 heterocycles. The normalized spacial score (nSPS) is 13.4. The lowest BCUT2D eigenvalue weighted by Crippen LogP contribution is -2.42. The van der Waals surface area contributed by atoms with Gasteiger partial charge in [0.25, 0.3) is 5.91 Å². The first-order valence-electron chi connectivity index (χ1n) is 9.92. The fraction of sp³-hybridized carbons (Fsp3) is 0.571. The summed E-state index contributed by atoms with van der Waals surface area (Å²) >= 11 is 0. The number of carbonyl (C=O) groups excluding carboxylic acids is 3. The largest absolute Gasteiger partial charge is 0.482 e. The molecule has 0 aromatic heterocycles. The maximum Gasteiger partial charge on any atom is 0.412 e. The lowest BCUT2D eigenvalue weighted by molar-refractivity contribution is -0.143. The summed E-state index contributed by atoms with van der Waals surface area (Å²) in [4.78, 5) is 37.8. The van der Waals surface area contributed by atoms with E-state index in [1.807, 2.05) is 0 Å². The zero-order valence-electron chi connectivity index (χ0n) is 17.6. The van der Waals surface area contributed by atoms with Gasteiger partial charge in [-0.15, -0.1) is 0 Å². The molecule has 0 bridgehead atoms. The molecule has 2 amide bonds. The Morgan fingerprint density at radius 1 is 1.21 bits per heavy atom. The molecule has 1 aliphatic heterocycles. The van der Waals surface area contributed by atoms with E-state index in [-0.39, 0.29) is 19.1 Å². The molecule has 1 N–H and O–H groups in total. The number of unbranched alkanes of at least 4 members (excludes halogenated alkanes) is 3. The first-order chi connectivity index (χ1) is 13.7. The van der Waals surface area contributed by atoms with Gasteiger partial charge in [0, 0.05) is 5.69 Å². The zero-order valence-corrected chi connectivity index (χ0v) is 17.6. The topological polar surface area (TPSA) is 94.2 Å². The van der Waals surface area contributed by atoms with Crippen LogP contribution < -0.4 is 15.0 Å². The van der Waals surface area contributed by atoms with Crippen molar-refractivity contribution in [2.75, 3.05) is 30.0 Å². The van der Waals surface area contributed by atoms with Crippen LogP contribution in [0.3, 0.4) is 0 Å². The van der Waals surface area contributed by atoms with Crippen LogP contribution in [0.4, 0.5) is 16.2 Å². The molecule has 0 saturated carbocycles. The summed E-state index contributed by atoms with van der Waals surface area (Å²) in [5, 5.41) is 2.62. The molecule has 0 unspecified atom stereocenters. The minimum atomic E-state index is -0.635. The van der Waals surface area contributed by atoms with Crippen molar-refractivity contribution in [3.63, 3.8) is 0 Å². The monoisotopic (exact) mass is 406 g/mol. The Bertz CT molecular complexity index is 741. The van der Waals surface area contributed by atoms with Gasteiger partial charge in [0.1, 0.15) is 17.9 Å². The summed E-state index contributed by atoms with van der Waals surface area (Å²) < 4.78 is 15.9. The highest BCUT2D eigenvalue weighted by atomic mass is 16.6. The summed E-state index contributed by atoms with van der Waals surface area (Å²) in [6.45, 7) is 7.38. The van der Waals surface area contributed by atoms with Gasteiger partial charge in [-0.2, -0.15) is 0 Å². The Labute approximate surface area is 171 Å². The van der Waals surface area contributed by atoms with E-state index < -0.39 is 17.7 Å². The van der Waals surface area contributed by atoms with Gasteiger partial charge in [0.15, 0.2) is 6.61 Å². The van der Waals surface area contributed by atoms with Gasteiger partial charge >= 0.3 is 12.1 Å². The maximum atomic E-state index is 12.3. The molecule has 0 atom stereocenters. The number of benzene rings is 1. The molecule has 1 aromatic rings. The minimum absolute atomic E-state index is 0.157. The summed E-state index contributed by atoms with van der Waals surface area (Å²) in [5.74, 6) is -0.377. The van der Waals surface area contributed by atoms with Gasteiger partial charge < -0.3 is 14.2 Å². The molecular formula is C21H30N2O6. The van der Waals surface area contributed by atoms with Crippen molar-refractivity contribution in [1.29, 1.82) is 0 Å². The van der Waals surface area contributed by atoms with Crippen molar-refractivity contribution in [3.05, 3.63) is 18.2 Å². The second-order valence-electron chi connectivity index (χ2n) is 7.86. The summed E-state index contributed by atoms with van der Waals surface area (Å²) in [6.07, 6.45) is 3.39. The molecule has 0 fully saturated rings. The molecular weight excluding hydrogens is 376 g/mol. The highest BCUT2D eigenvalue weighted by molar-refractivity contribution is 6.02. The summed E-state index contributed by atoms with van der Waals surface area (Å²) in [7, 11) is 0. The van der Waals surface area contributed by atoms with Crippen molar-refractivity contribution < 1.29 is 28.6 Å². The number of nitrogens with one attached hydrogen (secondary N) is 1. The number of amides is 2. The molecule has 0 radical (unpaired) electrons. The second kappa shape index (κ2) is 10.1. The lowest BCUT2D eigenvalue weighted by Gasteiger charge is -2.29. The molecule has 0 spiro atoms. The maximum absolute atomic E-state index is 12.3. The number of carbonyl (C=O) groups is 3. The summed E-state index contributed by atoms with van der Waals surface area (Å²) in [6, 6.07) is 4.85. The minimum Gasteiger partial charge on any atom is -0.482 e. The van der Waals surface area contributed by atoms with Crippen LogP contribution in [0.1, 0.15) is 53.4 Å². The Kier molecular flexibility index (Phi) is 7.87. The lowest BCUT2D eigenvalue weighted by atomic mass is 10.2. The third-order valence-corrected chi connectivity index (χ3v) is 4.10. The average Bonchev–Trinajstić information content (AvgIpc) is 2.62. The highest BCUT2D eigenvalue weighted by Crippen LogP contribution is 2.34. The van der Waals surface area contributed by atoms with Gasteiger partial charge in [-0.05, 0) is 45.4 Å². The first kappa shape index (κ1) is 22.5. The van der Waals surface area contributed by atoms with Crippen LogP contribution in [0.2, 0.25) is 0 Å². The quantitative estimate of drug-likeness (QED) is 0.520. The number of fused-ring (bicyclic) bond motifs is 1. The van der Waals surface area contributed by atoms with Crippen molar-refractivity contribution in [3.8, 4) is 5.75 Å². The Balaban J connectivity index is 2.03. The number of hydrogen-bond acceptors (Lipinski definition) is 6. The third-order valence-electron chi connectivity index (χ3n) is 4.10. The standard InChI is InChI=1S/C21H30N2O6/c1-5-6-7-8-11-27-19(25)13-23-16-12-15(22-20(26)29-21(2,3)4)9-10-17(16)28-14-18(23)24/h9-10,12H,5-8,11,13-14H2,1-4H3,(H,22,26). The van der Waals surface area contributed by atoms with Crippen molar-refractivity contribution in [2.24, 2.45) is 0 Å². The predicted octanol–water partition coefficient (Wildman–Crippen LogP) is 3.88. The zero-order chi connectivity index (χ0) is 21.4. The van der Waals surface area contributed by atoms with Crippen LogP contribution in [0.15, 0.2) is 18.2 Å². The fourth-order valence-corrected chi connectivity index (χ4v) is 2.76. The third kappa shape index (κ3) is 7.29. The van der Waals surface area contributed by atoms with Gasteiger partial charge in [-0.25, -0.2) is 4.79 Å². The first-order valence-corrected chi connectivity index (χ1v) is 9.92. The number of hydrogen-bond donors (Lipinski definition) is 1. The van der Waals surface area contributed by atoms with Crippen molar-refractivity contribution in [2.45, 2.75) is 59.0 Å². The summed E-state index contributed by atoms with van der Waals surface area (Å²) in [5.41, 5.74) is 0.191. The molecule has 1 aliphatic rings. The van der Waals surface area contributed by atoms with Crippen LogP contribution in [0.5, 0.6) is 5.75 Å². The van der Waals surface area contributed by atoms with Gasteiger partial charge in [0.05, 0.1) is 12.3 Å². The number of ether oxygens (including phenoxy) is 3. The molecule has 8 nitrogen and oxygen atoms in total. The molecule has 0 aliphatic carbocycles. The molecule has 2 rings (SSSR count).